The fourth-order valence-electron chi connectivity index (χ4n) is 3.29. The Morgan fingerprint density at radius 2 is 1.93 bits per heavy atom. The number of fused-ring (bicyclic) bond motifs is 1. The number of nitrogens with one attached hydrogen (secondary N) is 1. The predicted molar refractivity (Wildman–Crippen MR) is 111 cm³/mol. The van der Waals surface area contributed by atoms with Crippen molar-refractivity contribution in [1.29, 1.82) is 0 Å². The molecule has 0 aliphatic carbocycles. The van der Waals surface area contributed by atoms with Gasteiger partial charge in [0.1, 0.15) is 11.9 Å². The van der Waals surface area contributed by atoms with Gasteiger partial charge in [0.25, 0.3) is 0 Å². The van der Waals surface area contributed by atoms with E-state index in [1.807, 2.05) is 13.0 Å². The Morgan fingerprint density at radius 1 is 1.25 bits per heavy atom. The Labute approximate surface area is 165 Å². The van der Waals surface area contributed by atoms with Crippen LogP contribution in [0.4, 0.5) is 22.9 Å². The van der Waals surface area contributed by atoms with Gasteiger partial charge in [0.15, 0.2) is 0 Å². The maximum absolute atomic E-state index is 12.6. The van der Waals surface area contributed by atoms with Crippen molar-refractivity contribution in [3.05, 3.63) is 42.1 Å². The van der Waals surface area contributed by atoms with Crippen molar-refractivity contribution < 1.29 is 14.7 Å². The molecule has 7 heteroatoms. The van der Waals surface area contributed by atoms with Crippen LogP contribution in [0.1, 0.15) is 37.6 Å². The molecule has 0 bridgehead atoms. The molecule has 2 aromatic rings. The average molecular weight is 382 g/mol. The van der Waals surface area contributed by atoms with Crippen molar-refractivity contribution >= 4 is 34.8 Å². The minimum absolute atomic E-state index is 0.0584. The molecule has 7 nitrogen and oxygen atoms in total. The van der Waals surface area contributed by atoms with E-state index in [0.717, 1.165) is 30.0 Å². The van der Waals surface area contributed by atoms with Crippen LogP contribution in [0, 0.1) is 5.92 Å². The molecular formula is C21H26N4O3. The zero-order chi connectivity index (χ0) is 20.4. The zero-order valence-corrected chi connectivity index (χ0v) is 16.6. The molecule has 1 aromatic carbocycles. The number of hydrogen-bond acceptors (Lipinski definition) is 5. The van der Waals surface area contributed by atoms with Crippen LogP contribution in [0.15, 0.2) is 36.5 Å². The topological polar surface area (TPSA) is 85.8 Å². The maximum Gasteiger partial charge on any atom is 0.335 e. The quantitative estimate of drug-likeness (QED) is 0.792. The highest BCUT2D eigenvalue weighted by Crippen LogP contribution is 2.37. The Balaban J connectivity index is 1.90. The second kappa shape index (κ2) is 7.88. The van der Waals surface area contributed by atoms with Crippen LogP contribution >= 0.6 is 0 Å². The first-order valence-electron chi connectivity index (χ1n) is 9.42. The van der Waals surface area contributed by atoms with E-state index >= 15 is 0 Å². The number of aromatic nitrogens is 1. The molecule has 1 unspecified atom stereocenters. The number of carboxylic acid groups (broad SMARTS) is 1. The number of aromatic carboxylic acids is 1. The molecule has 2 N–H and O–H groups in total. The Bertz CT molecular complexity index is 880. The molecule has 1 aliphatic rings. The second-order valence-corrected chi connectivity index (χ2v) is 7.51. The molecule has 1 aromatic heterocycles. The van der Waals surface area contributed by atoms with Crippen molar-refractivity contribution in [1.82, 2.24) is 4.98 Å². The predicted octanol–water partition coefficient (Wildman–Crippen LogP) is 3.74. The van der Waals surface area contributed by atoms with E-state index < -0.39 is 5.97 Å². The third-order valence-electron chi connectivity index (χ3n) is 5.04. The molecule has 1 aliphatic heterocycles. The van der Waals surface area contributed by atoms with E-state index in [9.17, 15) is 9.59 Å². The Kier molecular flexibility index (Phi) is 5.53. The van der Waals surface area contributed by atoms with Gasteiger partial charge in [-0.25, -0.2) is 9.78 Å². The summed E-state index contributed by atoms with van der Waals surface area (Å²) in [7, 11) is 1.77. The number of anilines is 4. The fourth-order valence-corrected chi connectivity index (χ4v) is 3.29. The summed E-state index contributed by atoms with van der Waals surface area (Å²) in [5.41, 5.74) is 2.74. The minimum Gasteiger partial charge on any atom is -0.478 e. The molecule has 28 heavy (non-hydrogen) atoms. The van der Waals surface area contributed by atoms with Gasteiger partial charge in [-0.2, -0.15) is 0 Å². The third kappa shape index (κ3) is 3.93. The maximum atomic E-state index is 12.6. The highest BCUT2D eigenvalue weighted by atomic mass is 16.4. The van der Waals surface area contributed by atoms with E-state index in [1.165, 1.54) is 0 Å². The summed E-state index contributed by atoms with van der Waals surface area (Å²) in [6, 6.07) is 8.22. The number of pyridine rings is 1. The van der Waals surface area contributed by atoms with Crippen molar-refractivity contribution in [2.75, 3.05) is 28.7 Å². The van der Waals surface area contributed by atoms with Gasteiger partial charge in [0, 0.05) is 25.3 Å². The van der Waals surface area contributed by atoms with Crippen molar-refractivity contribution in [3.8, 4) is 0 Å². The molecule has 148 valence electrons. The van der Waals surface area contributed by atoms with Crippen molar-refractivity contribution in [2.24, 2.45) is 5.92 Å². The number of carbonyl (C=O) groups excluding carboxylic acids is 1. The zero-order valence-electron chi connectivity index (χ0n) is 16.6. The van der Waals surface area contributed by atoms with Gasteiger partial charge in [0.2, 0.25) is 5.91 Å². The van der Waals surface area contributed by atoms with E-state index in [1.54, 1.807) is 42.4 Å². The smallest absolute Gasteiger partial charge is 0.335 e. The lowest BCUT2D eigenvalue weighted by Crippen LogP contribution is -2.51. The van der Waals surface area contributed by atoms with Gasteiger partial charge in [-0.1, -0.05) is 13.8 Å². The second-order valence-electron chi connectivity index (χ2n) is 7.51. The Morgan fingerprint density at radius 3 is 2.54 bits per heavy atom. The molecule has 0 spiro atoms. The molecule has 3 rings (SSSR count). The summed E-state index contributed by atoms with van der Waals surface area (Å²) in [5, 5.41) is 12.2. The fraction of sp³-hybridized carbons (Fsp3) is 0.381. The number of rotatable bonds is 6. The summed E-state index contributed by atoms with van der Waals surface area (Å²) in [6.45, 7) is 7.07. The summed E-state index contributed by atoms with van der Waals surface area (Å²) in [6.07, 6.45) is 2.69. The standard InChI is InChI=1S/C21H26N4O3/c1-13(2)9-10-25-14(3)20(26)24(4)18-12-22-19(11-17(18)25)23-16-7-5-15(6-8-16)21(27)28/h5-8,11-14H,9-10H2,1-4H3,(H,22,23)(H,27,28). The van der Waals surface area contributed by atoms with Gasteiger partial charge in [-0.05, 0) is 43.5 Å². The number of benzene rings is 1. The molecule has 1 amide bonds. The number of amides is 1. The largest absolute Gasteiger partial charge is 0.478 e. The van der Waals surface area contributed by atoms with E-state index in [2.05, 4.69) is 29.0 Å². The summed E-state index contributed by atoms with van der Waals surface area (Å²) >= 11 is 0. The van der Waals surface area contributed by atoms with Crippen LogP contribution in [0.3, 0.4) is 0 Å². The van der Waals surface area contributed by atoms with E-state index in [4.69, 9.17) is 5.11 Å². The lowest BCUT2D eigenvalue weighted by molar-refractivity contribution is -0.119. The van der Waals surface area contributed by atoms with Gasteiger partial charge in [-0.15, -0.1) is 0 Å². The highest BCUT2D eigenvalue weighted by Gasteiger charge is 2.33. The van der Waals surface area contributed by atoms with Crippen LogP contribution in [0.2, 0.25) is 0 Å². The SMILES string of the molecule is CC(C)CCN1c2cc(Nc3ccc(C(=O)O)cc3)ncc2N(C)C(=O)C1C. The molecule has 0 radical (unpaired) electrons. The minimum atomic E-state index is -0.957. The molecule has 0 saturated heterocycles. The first kappa shape index (κ1) is 19.7. The van der Waals surface area contributed by atoms with Gasteiger partial charge in [-0.3, -0.25) is 4.79 Å². The van der Waals surface area contributed by atoms with Crippen LogP contribution in [-0.4, -0.2) is 41.6 Å². The molecule has 0 saturated carbocycles. The first-order chi connectivity index (χ1) is 13.3. The number of nitrogens with zero attached hydrogens (tertiary/aromatic N) is 3. The van der Waals surface area contributed by atoms with E-state index in [0.29, 0.717) is 11.7 Å². The normalized spacial score (nSPS) is 16.3. The lowest BCUT2D eigenvalue weighted by Gasteiger charge is -2.40. The van der Waals surface area contributed by atoms with Crippen LogP contribution in [-0.2, 0) is 4.79 Å². The summed E-state index contributed by atoms with van der Waals surface area (Å²) in [5.74, 6) is 0.285. The third-order valence-corrected chi connectivity index (χ3v) is 5.04. The van der Waals surface area contributed by atoms with E-state index in [-0.39, 0.29) is 17.5 Å². The number of carboxylic acids is 1. The van der Waals surface area contributed by atoms with Gasteiger partial charge >= 0.3 is 5.97 Å². The number of carbonyl (C=O) groups is 2. The summed E-state index contributed by atoms with van der Waals surface area (Å²) < 4.78 is 0. The highest BCUT2D eigenvalue weighted by molar-refractivity contribution is 6.05. The monoisotopic (exact) mass is 382 g/mol. The van der Waals surface area contributed by atoms with Crippen molar-refractivity contribution in [3.63, 3.8) is 0 Å². The van der Waals surface area contributed by atoms with Crippen LogP contribution in [0.25, 0.3) is 0 Å². The van der Waals surface area contributed by atoms with Gasteiger partial charge in [0.05, 0.1) is 23.1 Å². The van der Waals surface area contributed by atoms with Crippen molar-refractivity contribution in [2.45, 2.75) is 33.2 Å². The van der Waals surface area contributed by atoms with Gasteiger partial charge < -0.3 is 20.2 Å². The van der Waals surface area contributed by atoms with Crippen LogP contribution in [0.5, 0.6) is 0 Å². The first-order valence-corrected chi connectivity index (χ1v) is 9.42. The molecule has 2 heterocycles. The van der Waals surface area contributed by atoms with Crippen LogP contribution < -0.4 is 15.1 Å². The lowest BCUT2D eigenvalue weighted by atomic mass is 10.1. The molecule has 1 atom stereocenters. The molecule has 0 fully saturated rings. The Hall–Kier alpha value is -3.09. The number of hydrogen-bond donors (Lipinski definition) is 2. The number of likely N-dealkylation sites (N-methyl/N-ethyl adjacent to an activating group) is 1. The summed E-state index contributed by atoms with van der Waals surface area (Å²) in [4.78, 5) is 31.8. The molecular weight excluding hydrogens is 356 g/mol. The average Bonchev–Trinajstić information content (AvgIpc) is 2.66.